The fourth-order valence-corrected chi connectivity index (χ4v) is 0.907. The van der Waals surface area contributed by atoms with Gasteiger partial charge in [-0.05, 0) is 37.0 Å². The predicted octanol–water partition coefficient (Wildman–Crippen LogP) is 2.09. The highest BCUT2D eigenvalue weighted by molar-refractivity contribution is 5.24. The Morgan fingerprint density at radius 1 is 1.67 bits per heavy atom. The smallest absolute Gasteiger partial charge is 0.0119 e. The van der Waals surface area contributed by atoms with E-state index in [0.717, 1.165) is 12.8 Å². The lowest BCUT2D eigenvalue weighted by Crippen LogP contribution is -1.66. The minimum absolute atomic E-state index is 1.10. The molecule has 1 rings (SSSR count). The summed E-state index contributed by atoms with van der Waals surface area (Å²) in [5, 5.41) is 0. The molecule has 0 amide bonds. The van der Waals surface area contributed by atoms with Crippen LogP contribution in [0.3, 0.4) is 0 Å². The molecule has 0 heterocycles. The van der Waals surface area contributed by atoms with Gasteiger partial charge in [0.15, 0.2) is 0 Å². The van der Waals surface area contributed by atoms with Crippen molar-refractivity contribution < 1.29 is 0 Å². The summed E-state index contributed by atoms with van der Waals surface area (Å²) in [5.74, 6) is 2.45. The highest BCUT2D eigenvalue weighted by atomic mass is 14.0. The van der Waals surface area contributed by atoms with Crippen LogP contribution in [-0.2, 0) is 0 Å². The van der Waals surface area contributed by atoms with Crippen molar-refractivity contribution in [2.45, 2.75) is 19.3 Å². The molecule has 0 heteroatoms. The van der Waals surface area contributed by atoms with Gasteiger partial charge in [-0.1, -0.05) is 12.0 Å². The van der Waals surface area contributed by atoms with Gasteiger partial charge in [-0.3, -0.25) is 0 Å². The van der Waals surface area contributed by atoms with Crippen molar-refractivity contribution in [2.75, 3.05) is 0 Å². The summed E-state index contributed by atoms with van der Waals surface area (Å²) < 4.78 is 0. The SMILES string of the molecule is C#C/C=C/C1=[C]CCC1. The first-order valence-corrected chi connectivity index (χ1v) is 3.16. The maximum Gasteiger partial charge on any atom is -0.0119 e. The Balaban J connectivity index is 2.46. The average molecular weight is 117 g/mol. The Labute approximate surface area is 56.3 Å². The van der Waals surface area contributed by atoms with Crippen LogP contribution in [0.5, 0.6) is 0 Å². The lowest BCUT2D eigenvalue weighted by Gasteiger charge is -1.84. The predicted molar refractivity (Wildman–Crippen MR) is 38.6 cm³/mol. The molecule has 0 unspecified atom stereocenters. The van der Waals surface area contributed by atoms with E-state index in [1.54, 1.807) is 6.08 Å². The second kappa shape index (κ2) is 3.14. The number of hydrogen-bond acceptors (Lipinski definition) is 0. The standard InChI is InChI=1S/C9H9/c1-2-3-6-9-7-4-5-8-9/h1,3,6H,4-5,7H2/b6-3+. The van der Waals surface area contributed by atoms with Crippen LogP contribution in [0.15, 0.2) is 17.7 Å². The van der Waals surface area contributed by atoms with Crippen LogP contribution in [0.2, 0.25) is 0 Å². The maximum absolute atomic E-state index is 5.03. The first-order chi connectivity index (χ1) is 4.43. The molecule has 0 aromatic carbocycles. The molecule has 0 N–H and O–H groups in total. The molecule has 0 saturated heterocycles. The van der Waals surface area contributed by atoms with Crippen LogP contribution in [0, 0.1) is 18.4 Å². The van der Waals surface area contributed by atoms with Crippen molar-refractivity contribution in [1.82, 2.24) is 0 Å². The van der Waals surface area contributed by atoms with Crippen LogP contribution < -0.4 is 0 Å². The second-order valence-corrected chi connectivity index (χ2v) is 2.06. The van der Waals surface area contributed by atoms with Gasteiger partial charge in [0.05, 0.1) is 0 Å². The summed E-state index contributed by atoms with van der Waals surface area (Å²) in [4.78, 5) is 0. The first-order valence-electron chi connectivity index (χ1n) is 3.16. The van der Waals surface area contributed by atoms with E-state index in [9.17, 15) is 0 Å². The Bertz CT molecular complexity index is 177. The quantitative estimate of drug-likeness (QED) is 0.461. The molecule has 0 spiro atoms. The Kier molecular flexibility index (Phi) is 2.15. The molecular formula is C9H9. The van der Waals surface area contributed by atoms with Crippen LogP contribution in [0.1, 0.15) is 19.3 Å². The lowest BCUT2D eigenvalue weighted by atomic mass is 10.2. The fourth-order valence-electron chi connectivity index (χ4n) is 0.907. The molecule has 0 aromatic heterocycles. The highest BCUT2D eigenvalue weighted by Gasteiger charge is 1.99. The van der Waals surface area contributed by atoms with E-state index in [1.807, 2.05) is 6.08 Å². The van der Waals surface area contributed by atoms with Crippen molar-refractivity contribution in [3.63, 3.8) is 0 Å². The fraction of sp³-hybridized carbons (Fsp3) is 0.333. The van der Waals surface area contributed by atoms with E-state index in [0.29, 0.717) is 0 Å². The molecule has 1 aliphatic rings. The molecule has 1 aliphatic carbocycles. The van der Waals surface area contributed by atoms with Gasteiger partial charge >= 0.3 is 0 Å². The maximum atomic E-state index is 5.03. The van der Waals surface area contributed by atoms with Crippen LogP contribution >= 0.6 is 0 Å². The molecule has 9 heavy (non-hydrogen) atoms. The Morgan fingerprint density at radius 2 is 2.56 bits per heavy atom. The van der Waals surface area contributed by atoms with Gasteiger partial charge in [0.25, 0.3) is 0 Å². The molecular weight excluding hydrogens is 108 g/mol. The van der Waals surface area contributed by atoms with Crippen molar-refractivity contribution in [3.05, 3.63) is 23.8 Å². The third-order valence-corrected chi connectivity index (χ3v) is 1.36. The van der Waals surface area contributed by atoms with Gasteiger partial charge in [-0.2, -0.15) is 0 Å². The van der Waals surface area contributed by atoms with E-state index < -0.39 is 0 Å². The largest absolute Gasteiger partial charge is 0.115 e. The zero-order valence-corrected chi connectivity index (χ0v) is 5.35. The minimum atomic E-state index is 1.10. The summed E-state index contributed by atoms with van der Waals surface area (Å²) in [7, 11) is 0. The van der Waals surface area contributed by atoms with Crippen LogP contribution in [-0.4, -0.2) is 0 Å². The molecule has 1 radical (unpaired) electrons. The average Bonchev–Trinajstić information content (AvgIpc) is 2.34. The molecule has 0 saturated carbocycles. The highest BCUT2D eigenvalue weighted by Crippen LogP contribution is 2.16. The summed E-state index contributed by atoms with van der Waals surface area (Å²) in [6, 6.07) is 0. The van der Waals surface area contributed by atoms with Crippen molar-refractivity contribution in [2.24, 2.45) is 0 Å². The van der Waals surface area contributed by atoms with Gasteiger partial charge in [-0.15, -0.1) is 6.42 Å². The molecule has 0 bridgehead atoms. The third kappa shape index (κ3) is 1.77. The van der Waals surface area contributed by atoms with E-state index in [1.165, 1.54) is 12.0 Å². The van der Waals surface area contributed by atoms with E-state index in [2.05, 4.69) is 12.0 Å². The zero-order chi connectivity index (χ0) is 6.53. The summed E-state index contributed by atoms with van der Waals surface area (Å²) in [5.41, 5.74) is 1.27. The summed E-state index contributed by atoms with van der Waals surface area (Å²) in [6.07, 6.45) is 15.4. The molecule has 45 valence electrons. The van der Waals surface area contributed by atoms with Gasteiger partial charge in [0.1, 0.15) is 0 Å². The van der Waals surface area contributed by atoms with E-state index in [4.69, 9.17) is 6.42 Å². The molecule has 0 fully saturated rings. The number of allylic oxidation sites excluding steroid dienone is 4. The topological polar surface area (TPSA) is 0 Å². The van der Waals surface area contributed by atoms with Gasteiger partial charge in [0, 0.05) is 0 Å². The van der Waals surface area contributed by atoms with Gasteiger partial charge < -0.3 is 0 Å². The van der Waals surface area contributed by atoms with Crippen LogP contribution in [0.4, 0.5) is 0 Å². The van der Waals surface area contributed by atoms with Crippen molar-refractivity contribution >= 4 is 0 Å². The minimum Gasteiger partial charge on any atom is -0.115 e. The number of rotatable bonds is 1. The molecule has 0 aliphatic heterocycles. The van der Waals surface area contributed by atoms with Crippen LogP contribution in [0.25, 0.3) is 0 Å². The normalized spacial score (nSPS) is 17.9. The van der Waals surface area contributed by atoms with Gasteiger partial charge in [0.2, 0.25) is 0 Å². The number of hydrogen-bond donors (Lipinski definition) is 0. The summed E-state index contributed by atoms with van der Waals surface area (Å²) >= 11 is 0. The zero-order valence-electron chi connectivity index (χ0n) is 5.35. The van der Waals surface area contributed by atoms with E-state index >= 15 is 0 Å². The molecule has 0 aromatic rings. The van der Waals surface area contributed by atoms with Crippen molar-refractivity contribution in [1.29, 1.82) is 0 Å². The third-order valence-electron chi connectivity index (χ3n) is 1.36. The lowest BCUT2D eigenvalue weighted by molar-refractivity contribution is 0.910. The van der Waals surface area contributed by atoms with Crippen molar-refractivity contribution in [3.8, 4) is 12.3 Å². The number of terminal acetylenes is 1. The Hall–Kier alpha value is -0.960. The Morgan fingerprint density at radius 3 is 3.11 bits per heavy atom. The monoisotopic (exact) mass is 117 g/mol. The molecule has 0 nitrogen and oxygen atoms in total. The van der Waals surface area contributed by atoms with E-state index in [-0.39, 0.29) is 0 Å². The summed E-state index contributed by atoms with van der Waals surface area (Å²) in [6.45, 7) is 0. The molecule has 0 atom stereocenters. The van der Waals surface area contributed by atoms with Gasteiger partial charge in [-0.25, -0.2) is 0 Å². The first kappa shape index (κ1) is 6.16. The second-order valence-electron chi connectivity index (χ2n) is 2.06.